The largest absolute Gasteiger partial charge is 0.506 e. The van der Waals surface area contributed by atoms with Crippen molar-refractivity contribution in [2.45, 2.75) is 6.04 Å². The van der Waals surface area contributed by atoms with E-state index < -0.39 is 12.0 Å². The summed E-state index contributed by atoms with van der Waals surface area (Å²) < 4.78 is 5.31. The lowest BCUT2D eigenvalue weighted by Gasteiger charge is -2.05. The van der Waals surface area contributed by atoms with E-state index in [9.17, 15) is 9.90 Å². The maximum Gasteiger partial charge on any atom is 0.328 e. The Balaban J connectivity index is 2.47. The van der Waals surface area contributed by atoms with E-state index in [2.05, 4.69) is 4.74 Å². The second-order valence-electron chi connectivity index (χ2n) is 3.35. The molecule has 1 heterocycles. The highest BCUT2D eigenvalue weighted by atomic mass is 32.1. The molecule has 0 aliphatic rings. The van der Waals surface area contributed by atoms with Gasteiger partial charge in [-0.25, -0.2) is 4.79 Å². The van der Waals surface area contributed by atoms with Crippen LogP contribution in [0.25, 0.3) is 10.1 Å². The lowest BCUT2D eigenvalue weighted by Crippen LogP contribution is -2.21. The molecule has 3 N–H and O–H groups in total. The first-order chi connectivity index (χ1) is 7.63. The Bertz CT molecular complexity index is 535. The van der Waals surface area contributed by atoms with Crippen molar-refractivity contribution < 1.29 is 14.6 Å². The van der Waals surface area contributed by atoms with E-state index in [4.69, 9.17) is 5.73 Å². The van der Waals surface area contributed by atoms with Gasteiger partial charge >= 0.3 is 5.97 Å². The molecule has 0 saturated carbocycles. The molecule has 0 fully saturated rings. The van der Waals surface area contributed by atoms with Gasteiger partial charge in [0.25, 0.3) is 0 Å². The van der Waals surface area contributed by atoms with Gasteiger partial charge < -0.3 is 15.6 Å². The van der Waals surface area contributed by atoms with Gasteiger partial charge in [-0.3, -0.25) is 0 Å². The molecular weight excluding hydrogens is 226 g/mol. The summed E-state index contributed by atoms with van der Waals surface area (Å²) in [7, 11) is 1.30. The molecular formula is C11H11NO3S. The first-order valence-corrected chi connectivity index (χ1v) is 5.50. The highest BCUT2D eigenvalue weighted by molar-refractivity contribution is 7.19. The fourth-order valence-corrected chi connectivity index (χ4v) is 2.53. The SMILES string of the molecule is COC(=O)C(N)c1cc2cccc(O)c2s1. The molecule has 0 aliphatic carbocycles. The standard InChI is InChI=1S/C11H11NO3S/c1-15-11(14)9(12)8-5-6-3-2-4-7(13)10(6)16-8/h2-5,9,13H,12H2,1H3. The second kappa shape index (κ2) is 4.11. The Hall–Kier alpha value is -1.59. The lowest BCUT2D eigenvalue weighted by molar-refractivity contribution is -0.142. The molecule has 0 amide bonds. The Morgan fingerprint density at radius 2 is 2.31 bits per heavy atom. The van der Waals surface area contributed by atoms with Crippen LogP contribution < -0.4 is 5.73 Å². The van der Waals surface area contributed by atoms with Gasteiger partial charge in [0.15, 0.2) is 0 Å². The number of ether oxygens (including phenoxy) is 1. The molecule has 0 saturated heterocycles. The number of esters is 1. The van der Waals surface area contributed by atoms with Crippen molar-refractivity contribution in [1.82, 2.24) is 0 Å². The van der Waals surface area contributed by atoms with E-state index in [1.54, 1.807) is 18.2 Å². The third-order valence-electron chi connectivity index (χ3n) is 2.30. The summed E-state index contributed by atoms with van der Waals surface area (Å²) in [5, 5.41) is 10.5. The topological polar surface area (TPSA) is 72.5 Å². The van der Waals surface area contributed by atoms with Gasteiger partial charge in [0.1, 0.15) is 11.8 Å². The zero-order valence-electron chi connectivity index (χ0n) is 8.64. The number of phenols is 1. The van der Waals surface area contributed by atoms with E-state index in [-0.39, 0.29) is 5.75 Å². The molecule has 4 nitrogen and oxygen atoms in total. The van der Waals surface area contributed by atoms with Crippen LogP contribution in [-0.2, 0) is 9.53 Å². The third kappa shape index (κ3) is 1.75. The van der Waals surface area contributed by atoms with Gasteiger partial charge in [-0.15, -0.1) is 11.3 Å². The first kappa shape index (κ1) is 10.9. The van der Waals surface area contributed by atoms with Crippen LogP contribution in [0.4, 0.5) is 0 Å². The van der Waals surface area contributed by atoms with Crippen molar-refractivity contribution in [2.75, 3.05) is 7.11 Å². The normalized spacial score (nSPS) is 12.6. The molecule has 0 radical (unpaired) electrons. The van der Waals surface area contributed by atoms with E-state index in [0.29, 0.717) is 4.88 Å². The van der Waals surface area contributed by atoms with Gasteiger partial charge in [0, 0.05) is 4.88 Å². The molecule has 0 spiro atoms. The minimum Gasteiger partial charge on any atom is -0.506 e. The Morgan fingerprint density at radius 1 is 1.56 bits per heavy atom. The van der Waals surface area contributed by atoms with Crippen molar-refractivity contribution in [2.24, 2.45) is 5.73 Å². The van der Waals surface area contributed by atoms with Crippen molar-refractivity contribution in [3.05, 3.63) is 29.1 Å². The maximum atomic E-state index is 11.3. The van der Waals surface area contributed by atoms with Gasteiger partial charge in [-0.1, -0.05) is 12.1 Å². The van der Waals surface area contributed by atoms with Crippen molar-refractivity contribution in [3.63, 3.8) is 0 Å². The lowest BCUT2D eigenvalue weighted by atomic mass is 10.2. The molecule has 84 valence electrons. The quantitative estimate of drug-likeness (QED) is 0.781. The fourth-order valence-electron chi connectivity index (χ4n) is 1.46. The van der Waals surface area contributed by atoms with Crippen LogP contribution in [0, 0.1) is 0 Å². The number of hydrogen-bond donors (Lipinski definition) is 2. The summed E-state index contributed by atoms with van der Waals surface area (Å²) in [5.74, 6) is -0.281. The van der Waals surface area contributed by atoms with Crippen LogP contribution in [0.5, 0.6) is 5.75 Å². The van der Waals surface area contributed by atoms with Crippen molar-refractivity contribution in [1.29, 1.82) is 0 Å². The molecule has 1 aromatic carbocycles. The average molecular weight is 237 g/mol. The smallest absolute Gasteiger partial charge is 0.328 e. The van der Waals surface area contributed by atoms with Crippen LogP contribution in [-0.4, -0.2) is 18.2 Å². The van der Waals surface area contributed by atoms with Crippen LogP contribution >= 0.6 is 11.3 Å². The highest BCUT2D eigenvalue weighted by Gasteiger charge is 2.19. The summed E-state index contributed by atoms with van der Waals surface area (Å²) in [6, 6.07) is 6.21. The Kier molecular flexibility index (Phi) is 2.80. The van der Waals surface area contributed by atoms with E-state index in [1.807, 2.05) is 6.07 Å². The molecule has 2 rings (SSSR count). The number of fused-ring (bicyclic) bond motifs is 1. The summed E-state index contributed by atoms with van der Waals surface area (Å²) in [6.07, 6.45) is 0. The molecule has 1 unspecified atom stereocenters. The minimum atomic E-state index is -0.790. The number of thiophene rings is 1. The van der Waals surface area contributed by atoms with Crippen molar-refractivity contribution in [3.8, 4) is 5.75 Å². The number of benzene rings is 1. The Morgan fingerprint density at radius 3 is 2.94 bits per heavy atom. The second-order valence-corrected chi connectivity index (χ2v) is 4.43. The summed E-state index contributed by atoms with van der Waals surface area (Å²) in [6.45, 7) is 0. The molecule has 5 heteroatoms. The Labute approximate surface area is 96.3 Å². The van der Waals surface area contributed by atoms with Gasteiger partial charge in [-0.05, 0) is 17.5 Å². The van der Waals surface area contributed by atoms with E-state index in [1.165, 1.54) is 18.4 Å². The minimum absolute atomic E-state index is 0.200. The van der Waals surface area contributed by atoms with E-state index in [0.717, 1.165) is 10.1 Å². The molecule has 16 heavy (non-hydrogen) atoms. The summed E-state index contributed by atoms with van der Waals surface area (Å²) >= 11 is 1.30. The average Bonchev–Trinajstić information content (AvgIpc) is 2.72. The van der Waals surface area contributed by atoms with Crippen LogP contribution in [0.3, 0.4) is 0 Å². The maximum absolute atomic E-state index is 11.3. The number of methoxy groups -OCH3 is 1. The number of nitrogens with two attached hydrogens (primary N) is 1. The zero-order chi connectivity index (χ0) is 11.7. The number of phenolic OH excluding ortho intramolecular Hbond substituents is 1. The highest BCUT2D eigenvalue weighted by Crippen LogP contribution is 2.35. The predicted molar refractivity (Wildman–Crippen MR) is 62.4 cm³/mol. The van der Waals surface area contributed by atoms with Gasteiger partial charge in [0.05, 0.1) is 11.8 Å². The molecule has 0 bridgehead atoms. The summed E-state index contributed by atoms with van der Waals surface area (Å²) in [4.78, 5) is 12.0. The number of hydrogen-bond acceptors (Lipinski definition) is 5. The third-order valence-corrected chi connectivity index (χ3v) is 3.56. The zero-order valence-corrected chi connectivity index (χ0v) is 9.45. The van der Waals surface area contributed by atoms with Crippen LogP contribution in [0.1, 0.15) is 10.9 Å². The number of rotatable bonds is 2. The molecule has 2 aromatic rings. The number of carbonyl (C=O) groups is 1. The van der Waals surface area contributed by atoms with Crippen LogP contribution in [0.2, 0.25) is 0 Å². The number of carbonyl (C=O) groups excluding carboxylic acids is 1. The fraction of sp³-hybridized carbons (Fsp3) is 0.182. The van der Waals surface area contributed by atoms with Crippen molar-refractivity contribution >= 4 is 27.4 Å². The molecule has 0 aliphatic heterocycles. The van der Waals surface area contributed by atoms with Crippen LogP contribution in [0.15, 0.2) is 24.3 Å². The predicted octanol–water partition coefficient (Wildman–Crippen LogP) is 1.78. The molecule has 1 aromatic heterocycles. The van der Waals surface area contributed by atoms with Gasteiger partial charge in [0.2, 0.25) is 0 Å². The monoisotopic (exact) mass is 237 g/mol. The number of aromatic hydroxyl groups is 1. The first-order valence-electron chi connectivity index (χ1n) is 4.68. The van der Waals surface area contributed by atoms with E-state index >= 15 is 0 Å². The van der Waals surface area contributed by atoms with Gasteiger partial charge in [-0.2, -0.15) is 0 Å². The summed E-state index contributed by atoms with van der Waals surface area (Å²) in [5.41, 5.74) is 5.72. The molecule has 1 atom stereocenters.